The van der Waals surface area contributed by atoms with Crippen LogP contribution >= 0.6 is 0 Å². The summed E-state index contributed by atoms with van der Waals surface area (Å²) < 4.78 is 18.1. The lowest BCUT2D eigenvalue weighted by molar-refractivity contribution is -0.149. The first kappa shape index (κ1) is 22.0. The van der Waals surface area contributed by atoms with Crippen molar-refractivity contribution >= 4 is 5.97 Å². The minimum absolute atomic E-state index is 0.0642. The van der Waals surface area contributed by atoms with Crippen molar-refractivity contribution < 1.29 is 23.8 Å². The molecule has 0 bridgehead atoms. The Morgan fingerprint density at radius 1 is 1.26 bits per heavy atom. The van der Waals surface area contributed by atoms with E-state index in [-0.39, 0.29) is 18.1 Å². The number of hydrogen-bond donors (Lipinski definition) is 1. The molecule has 1 aromatic carbocycles. The van der Waals surface area contributed by atoms with Crippen LogP contribution < -0.4 is 0 Å². The molecule has 1 aromatic heterocycles. The quantitative estimate of drug-likeness (QED) is 0.584. The van der Waals surface area contributed by atoms with Gasteiger partial charge in [-0.3, -0.25) is 4.79 Å². The zero-order valence-electron chi connectivity index (χ0n) is 18.7. The van der Waals surface area contributed by atoms with Gasteiger partial charge in [-0.25, -0.2) is 4.98 Å². The molecule has 3 unspecified atom stereocenters. The molecule has 168 valence electrons. The number of nitrogens with zero attached hydrogens (tertiary/aromatic N) is 1. The van der Waals surface area contributed by atoms with E-state index < -0.39 is 11.4 Å². The van der Waals surface area contributed by atoms with Gasteiger partial charge in [0.1, 0.15) is 11.5 Å². The second-order valence-corrected chi connectivity index (χ2v) is 9.19. The first-order chi connectivity index (χ1) is 14.9. The number of benzene rings is 1. The third kappa shape index (κ3) is 4.85. The molecule has 1 N–H and O–H groups in total. The molecule has 1 heterocycles. The van der Waals surface area contributed by atoms with Crippen LogP contribution in [0.4, 0.5) is 0 Å². The molecule has 2 saturated carbocycles. The van der Waals surface area contributed by atoms with Gasteiger partial charge in [-0.15, -0.1) is 0 Å². The Labute approximate surface area is 184 Å². The monoisotopic (exact) mass is 427 g/mol. The van der Waals surface area contributed by atoms with Crippen molar-refractivity contribution in [1.82, 2.24) is 4.98 Å². The zero-order chi connectivity index (χ0) is 22.0. The second kappa shape index (κ2) is 9.13. The summed E-state index contributed by atoms with van der Waals surface area (Å²) >= 11 is 0. The van der Waals surface area contributed by atoms with Gasteiger partial charge in [0, 0.05) is 5.56 Å². The van der Waals surface area contributed by atoms with E-state index >= 15 is 0 Å². The number of oxazole rings is 1. The Morgan fingerprint density at radius 2 is 2.03 bits per heavy atom. The molecular formula is C25H33NO5. The number of rotatable bonds is 9. The predicted octanol–water partition coefficient (Wildman–Crippen LogP) is 5.30. The molecule has 6 nitrogen and oxygen atoms in total. The molecule has 2 aliphatic carbocycles. The average Bonchev–Trinajstić information content (AvgIpc) is 3.38. The summed E-state index contributed by atoms with van der Waals surface area (Å²) in [5, 5.41) is 9.60. The molecule has 4 rings (SSSR count). The summed E-state index contributed by atoms with van der Waals surface area (Å²) in [4.78, 5) is 16.3. The largest absolute Gasteiger partial charge is 0.481 e. The van der Waals surface area contributed by atoms with Crippen LogP contribution in [-0.2, 0) is 20.9 Å². The number of ether oxygens (including phenoxy) is 2. The number of aryl methyl sites for hydroxylation is 2. The van der Waals surface area contributed by atoms with Gasteiger partial charge in [-0.2, -0.15) is 0 Å². The number of carboxylic acids is 1. The van der Waals surface area contributed by atoms with E-state index in [1.165, 1.54) is 5.56 Å². The third-order valence-electron chi connectivity index (χ3n) is 6.92. The summed E-state index contributed by atoms with van der Waals surface area (Å²) in [6.07, 6.45) is 5.57. The van der Waals surface area contributed by atoms with Crippen molar-refractivity contribution in [1.29, 1.82) is 0 Å². The van der Waals surface area contributed by atoms with Gasteiger partial charge >= 0.3 is 5.97 Å². The van der Waals surface area contributed by atoms with Crippen LogP contribution in [0.15, 0.2) is 28.7 Å². The molecule has 31 heavy (non-hydrogen) atoms. The maximum atomic E-state index is 11.7. The van der Waals surface area contributed by atoms with Crippen LogP contribution in [0.5, 0.6) is 0 Å². The van der Waals surface area contributed by atoms with Crippen LogP contribution in [0.25, 0.3) is 11.5 Å². The van der Waals surface area contributed by atoms with E-state index in [4.69, 9.17) is 13.9 Å². The minimum Gasteiger partial charge on any atom is -0.481 e. The molecule has 0 spiro atoms. The third-order valence-corrected chi connectivity index (χ3v) is 6.92. The van der Waals surface area contributed by atoms with E-state index in [0.717, 1.165) is 55.5 Å². The maximum Gasteiger partial charge on any atom is 0.312 e. The number of carbonyl (C=O) groups is 1. The fourth-order valence-corrected chi connectivity index (χ4v) is 4.75. The van der Waals surface area contributed by atoms with Crippen molar-refractivity contribution in [2.45, 2.75) is 78.1 Å². The second-order valence-electron chi connectivity index (χ2n) is 9.19. The van der Waals surface area contributed by atoms with Crippen LogP contribution in [0.1, 0.15) is 62.5 Å². The van der Waals surface area contributed by atoms with Gasteiger partial charge in [0.2, 0.25) is 5.89 Å². The van der Waals surface area contributed by atoms with Gasteiger partial charge in [-0.05, 0) is 64.0 Å². The molecule has 4 atom stereocenters. The minimum atomic E-state index is -0.714. The highest BCUT2D eigenvalue weighted by molar-refractivity contribution is 5.78. The standard InChI is InChI=1S/C25H33NO5/c1-4-19-13-25(19,24(27)28)15-30-21-10-6-9-20(12-21)29-14-22-17(3)31-23(26-22)18-8-5-7-16(2)11-18/h5,7-8,11,19-21H,4,6,9-10,12-15H2,1-3H3,(H,27,28)/t19?,20?,21?,25-/m0/s1. The van der Waals surface area contributed by atoms with E-state index in [9.17, 15) is 9.90 Å². The Balaban J connectivity index is 1.30. The van der Waals surface area contributed by atoms with E-state index in [1.54, 1.807) is 0 Å². The van der Waals surface area contributed by atoms with Crippen LogP contribution in [0, 0.1) is 25.2 Å². The lowest BCUT2D eigenvalue weighted by atomic mass is 9.94. The maximum absolute atomic E-state index is 11.7. The molecule has 0 radical (unpaired) electrons. The molecule has 0 aliphatic heterocycles. The van der Waals surface area contributed by atoms with E-state index in [2.05, 4.69) is 31.0 Å². The highest BCUT2D eigenvalue weighted by atomic mass is 16.5. The summed E-state index contributed by atoms with van der Waals surface area (Å²) in [6, 6.07) is 8.11. The fraction of sp³-hybridized carbons (Fsp3) is 0.600. The lowest BCUT2D eigenvalue weighted by Gasteiger charge is -2.30. The van der Waals surface area contributed by atoms with Crippen molar-refractivity contribution in [3.05, 3.63) is 41.3 Å². The summed E-state index contributed by atoms with van der Waals surface area (Å²) in [7, 11) is 0. The Kier molecular flexibility index (Phi) is 6.49. The lowest BCUT2D eigenvalue weighted by Crippen LogP contribution is -2.32. The zero-order valence-corrected chi connectivity index (χ0v) is 18.7. The summed E-state index contributed by atoms with van der Waals surface area (Å²) in [5.74, 6) is 0.939. The number of hydrogen-bond acceptors (Lipinski definition) is 5. The molecule has 0 amide bonds. The molecule has 2 aromatic rings. The molecular weight excluding hydrogens is 394 g/mol. The molecule has 2 fully saturated rings. The fourth-order valence-electron chi connectivity index (χ4n) is 4.75. The Morgan fingerprint density at radius 3 is 2.71 bits per heavy atom. The number of aliphatic carboxylic acids is 1. The summed E-state index contributed by atoms with van der Waals surface area (Å²) in [6.45, 7) is 6.75. The molecule has 6 heteroatoms. The number of aromatic nitrogens is 1. The van der Waals surface area contributed by atoms with Crippen LogP contribution in [0.3, 0.4) is 0 Å². The Bertz CT molecular complexity index is 922. The van der Waals surface area contributed by atoms with Gasteiger partial charge in [0.15, 0.2) is 0 Å². The van der Waals surface area contributed by atoms with Crippen molar-refractivity contribution in [2.24, 2.45) is 11.3 Å². The molecule has 0 saturated heterocycles. The first-order valence-corrected chi connectivity index (χ1v) is 11.4. The highest BCUT2D eigenvalue weighted by Crippen LogP contribution is 2.55. The van der Waals surface area contributed by atoms with Gasteiger partial charge in [0.25, 0.3) is 0 Å². The SMILES string of the molecule is CCC1C[C@@]1(COC1CCCC(OCc2nc(-c3cccc(C)c3)oc2C)C1)C(=O)O. The number of carboxylic acid groups (broad SMARTS) is 1. The van der Waals surface area contributed by atoms with Crippen molar-refractivity contribution in [3.8, 4) is 11.5 Å². The molecule has 2 aliphatic rings. The van der Waals surface area contributed by atoms with Gasteiger partial charge in [-0.1, -0.05) is 31.0 Å². The van der Waals surface area contributed by atoms with E-state index in [0.29, 0.717) is 19.1 Å². The average molecular weight is 428 g/mol. The normalized spacial score (nSPS) is 27.9. The van der Waals surface area contributed by atoms with Crippen molar-refractivity contribution in [2.75, 3.05) is 6.61 Å². The Hall–Kier alpha value is -2.18. The van der Waals surface area contributed by atoms with Gasteiger partial charge in [0.05, 0.1) is 30.8 Å². The highest BCUT2D eigenvalue weighted by Gasteiger charge is 2.59. The van der Waals surface area contributed by atoms with Crippen molar-refractivity contribution in [3.63, 3.8) is 0 Å². The summed E-state index contributed by atoms with van der Waals surface area (Å²) in [5.41, 5.74) is 2.30. The van der Waals surface area contributed by atoms with E-state index in [1.807, 2.05) is 19.1 Å². The van der Waals surface area contributed by atoms with Crippen LogP contribution in [-0.4, -0.2) is 34.9 Å². The first-order valence-electron chi connectivity index (χ1n) is 11.4. The topological polar surface area (TPSA) is 81.8 Å². The smallest absolute Gasteiger partial charge is 0.312 e. The predicted molar refractivity (Wildman–Crippen MR) is 117 cm³/mol. The van der Waals surface area contributed by atoms with Crippen LogP contribution in [0.2, 0.25) is 0 Å². The van der Waals surface area contributed by atoms with Gasteiger partial charge < -0.3 is 19.0 Å².